The van der Waals surface area contributed by atoms with E-state index in [9.17, 15) is 9.59 Å². The highest BCUT2D eigenvalue weighted by molar-refractivity contribution is 6.04. The van der Waals surface area contributed by atoms with E-state index in [1.807, 2.05) is 36.4 Å². The minimum atomic E-state index is -0.291. The van der Waals surface area contributed by atoms with Crippen molar-refractivity contribution in [3.63, 3.8) is 0 Å². The van der Waals surface area contributed by atoms with E-state index in [1.54, 1.807) is 23.1 Å². The number of amides is 1. The molecular weight excluding hydrogens is 488 g/mol. The first-order valence-electron chi connectivity index (χ1n) is 13.5. The summed E-state index contributed by atoms with van der Waals surface area (Å²) in [4.78, 5) is 34.3. The van der Waals surface area contributed by atoms with Crippen LogP contribution in [0.2, 0.25) is 0 Å². The number of hydrogen-bond acceptors (Lipinski definition) is 4. The number of rotatable bonds is 8. The second kappa shape index (κ2) is 10.7. The molecule has 4 heterocycles. The second-order valence-electron chi connectivity index (χ2n) is 10.4. The second-order valence-corrected chi connectivity index (χ2v) is 10.4. The van der Waals surface area contributed by atoms with E-state index in [0.717, 1.165) is 42.0 Å². The zero-order chi connectivity index (χ0) is 26.8. The molecule has 0 spiro atoms. The molecule has 8 nitrogen and oxygen atoms in total. The molecule has 8 heteroatoms. The summed E-state index contributed by atoms with van der Waals surface area (Å²) in [6, 6.07) is 20.1. The molecule has 1 unspecified atom stereocenters. The van der Waals surface area contributed by atoms with Crippen LogP contribution < -0.4 is 10.9 Å². The van der Waals surface area contributed by atoms with Crippen molar-refractivity contribution in [2.45, 2.75) is 32.9 Å². The fraction of sp³-hybridized carbons (Fsp3) is 0.258. The number of carbonyl (C=O) groups excluding carboxylic acids is 1. The lowest BCUT2D eigenvalue weighted by Gasteiger charge is -2.15. The highest BCUT2D eigenvalue weighted by Gasteiger charge is 2.21. The first kappa shape index (κ1) is 24.9. The van der Waals surface area contributed by atoms with Crippen LogP contribution in [0, 0.1) is 5.92 Å². The van der Waals surface area contributed by atoms with E-state index >= 15 is 0 Å². The average Bonchev–Trinajstić information content (AvgIpc) is 3.70. The number of likely N-dealkylation sites (tertiary alicyclic amines) is 1. The third kappa shape index (κ3) is 5.56. The number of aromatic nitrogens is 4. The molecule has 5 aromatic rings. The van der Waals surface area contributed by atoms with Gasteiger partial charge in [0.05, 0.1) is 35.2 Å². The summed E-state index contributed by atoms with van der Waals surface area (Å²) in [5.41, 5.74) is 5.25. The predicted octanol–water partition coefficient (Wildman–Crippen LogP) is 5.25. The van der Waals surface area contributed by atoms with Crippen molar-refractivity contribution < 1.29 is 4.79 Å². The standard InChI is InChI=1S/C31H32N6O2/c1-2-21-10-11-36(17-21)18-23-8-9-28-24(12-23)13-29(35-28)27-14-26(16-32-31(27)39)34-30(38)25-15-33-37(20-25)19-22-6-4-3-5-7-22/h3-9,12-16,20-21,35H,2,10-11,17-19H2,1H3,(H,32,39)(H,34,38). The third-order valence-electron chi connectivity index (χ3n) is 7.57. The highest BCUT2D eigenvalue weighted by atomic mass is 16.1. The Morgan fingerprint density at radius 3 is 2.77 bits per heavy atom. The zero-order valence-corrected chi connectivity index (χ0v) is 22.0. The van der Waals surface area contributed by atoms with Crippen LogP contribution in [0.4, 0.5) is 5.69 Å². The van der Waals surface area contributed by atoms with Gasteiger partial charge in [0.25, 0.3) is 11.5 Å². The molecule has 1 amide bonds. The van der Waals surface area contributed by atoms with E-state index in [-0.39, 0.29) is 11.5 Å². The number of H-pyrrole nitrogens is 2. The SMILES string of the molecule is CCC1CCN(Cc2ccc3[nH]c(-c4cc(NC(=O)c5cnn(Cc6ccccc6)c5)c[nH]c4=O)cc3c2)C1. The summed E-state index contributed by atoms with van der Waals surface area (Å²) < 4.78 is 1.73. The van der Waals surface area contributed by atoms with Crippen molar-refractivity contribution in [3.05, 3.63) is 106 Å². The van der Waals surface area contributed by atoms with Gasteiger partial charge in [-0.25, -0.2) is 0 Å². The molecule has 0 saturated carbocycles. The Morgan fingerprint density at radius 2 is 1.95 bits per heavy atom. The smallest absolute Gasteiger partial charge is 0.258 e. The number of carbonyl (C=O) groups is 1. The molecule has 0 bridgehead atoms. The number of benzene rings is 2. The van der Waals surface area contributed by atoms with Gasteiger partial charge in [0.15, 0.2) is 0 Å². The van der Waals surface area contributed by atoms with Crippen LogP contribution in [0.15, 0.2) is 84.0 Å². The number of hydrogen-bond donors (Lipinski definition) is 3. The molecule has 1 atom stereocenters. The Balaban J connectivity index is 1.17. The Bertz CT molecular complexity index is 1670. The van der Waals surface area contributed by atoms with E-state index in [0.29, 0.717) is 29.1 Å². The lowest BCUT2D eigenvalue weighted by Crippen LogP contribution is -2.19. The van der Waals surface area contributed by atoms with Gasteiger partial charge >= 0.3 is 0 Å². The summed E-state index contributed by atoms with van der Waals surface area (Å²) >= 11 is 0. The lowest BCUT2D eigenvalue weighted by atomic mass is 10.1. The van der Waals surface area contributed by atoms with Gasteiger partial charge in [-0.3, -0.25) is 19.2 Å². The van der Waals surface area contributed by atoms with Crippen molar-refractivity contribution in [1.29, 1.82) is 0 Å². The van der Waals surface area contributed by atoms with Gasteiger partial charge in [-0.05, 0) is 54.3 Å². The zero-order valence-electron chi connectivity index (χ0n) is 22.0. The van der Waals surface area contributed by atoms with Crippen LogP contribution >= 0.6 is 0 Å². The van der Waals surface area contributed by atoms with Gasteiger partial charge in [0, 0.05) is 36.4 Å². The van der Waals surface area contributed by atoms with Crippen LogP contribution in [0.3, 0.4) is 0 Å². The van der Waals surface area contributed by atoms with Gasteiger partial charge in [-0.2, -0.15) is 5.10 Å². The van der Waals surface area contributed by atoms with E-state index in [2.05, 4.69) is 50.4 Å². The summed E-state index contributed by atoms with van der Waals surface area (Å²) in [6.45, 7) is 6.10. The first-order valence-corrected chi connectivity index (χ1v) is 13.5. The van der Waals surface area contributed by atoms with Crippen molar-refractivity contribution >= 4 is 22.5 Å². The summed E-state index contributed by atoms with van der Waals surface area (Å²) in [5.74, 6) is 0.512. The summed E-state index contributed by atoms with van der Waals surface area (Å²) in [7, 11) is 0. The van der Waals surface area contributed by atoms with Crippen LogP contribution in [0.25, 0.3) is 22.2 Å². The first-order chi connectivity index (χ1) is 19.0. The molecule has 6 rings (SSSR count). The van der Waals surface area contributed by atoms with E-state index < -0.39 is 0 Å². The van der Waals surface area contributed by atoms with Crippen molar-refractivity contribution in [2.75, 3.05) is 18.4 Å². The minimum Gasteiger partial charge on any atom is -0.354 e. The van der Waals surface area contributed by atoms with Crippen LogP contribution in [0.1, 0.15) is 41.3 Å². The van der Waals surface area contributed by atoms with E-state index in [4.69, 9.17) is 0 Å². The lowest BCUT2D eigenvalue weighted by molar-refractivity contribution is 0.102. The van der Waals surface area contributed by atoms with Crippen LogP contribution in [-0.4, -0.2) is 43.6 Å². The third-order valence-corrected chi connectivity index (χ3v) is 7.57. The van der Waals surface area contributed by atoms with Gasteiger partial charge in [-0.15, -0.1) is 0 Å². The maximum atomic E-state index is 12.9. The maximum Gasteiger partial charge on any atom is 0.258 e. The van der Waals surface area contributed by atoms with Gasteiger partial charge in [-0.1, -0.05) is 49.7 Å². The number of fused-ring (bicyclic) bond motifs is 1. The average molecular weight is 521 g/mol. The quantitative estimate of drug-likeness (QED) is 0.260. The Labute approximate surface area is 226 Å². The van der Waals surface area contributed by atoms with Crippen LogP contribution in [-0.2, 0) is 13.1 Å². The van der Waals surface area contributed by atoms with Crippen LogP contribution in [0.5, 0.6) is 0 Å². The summed E-state index contributed by atoms with van der Waals surface area (Å²) in [6.07, 6.45) is 7.29. The molecule has 2 aromatic carbocycles. The summed E-state index contributed by atoms with van der Waals surface area (Å²) in [5, 5.41) is 8.26. The van der Waals surface area contributed by atoms with Gasteiger partial charge < -0.3 is 15.3 Å². The van der Waals surface area contributed by atoms with Crippen molar-refractivity contribution in [1.82, 2.24) is 24.6 Å². The molecule has 0 aliphatic carbocycles. The van der Waals surface area contributed by atoms with Gasteiger partial charge in [0.1, 0.15) is 0 Å². The molecule has 1 aliphatic heterocycles. The van der Waals surface area contributed by atoms with Crippen molar-refractivity contribution in [3.8, 4) is 11.3 Å². The largest absolute Gasteiger partial charge is 0.354 e. The monoisotopic (exact) mass is 520 g/mol. The maximum absolute atomic E-state index is 12.9. The Morgan fingerprint density at radius 1 is 1.08 bits per heavy atom. The normalized spacial score (nSPS) is 15.7. The number of anilines is 1. The Hall–Kier alpha value is -4.43. The Kier molecular flexibility index (Phi) is 6.85. The highest BCUT2D eigenvalue weighted by Crippen LogP contribution is 2.26. The molecule has 1 saturated heterocycles. The molecular formula is C31H32N6O2. The molecule has 3 N–H and O–H groups in total. The molecule has 39 heavy (non-hydrogen) atoms. The predicted molar refractivity (Wildman–Crippen MR) is 154 cm³/mol. The molecule has 0 radical (unpaired) electrons. The number of pyridine rings is 1. The van der Waals surface area contributed by atoms with E-state index in [1.165, 1.54) is 24.6 Å². The fourth-order valence-electron chi connectivity index (χ4n) is 5.37. The fourth-order valence-corrected chi connectivity index (χ4v) is 5.37. The molecule has 198 valence electrons. The number of aromatic amines is 2. The van der Waals surface area contributed by atoms with Gasteiger partial charge in [0.2, 0.25) is 0 Å². The molecule has 3 aromatic heterocycles. The molecule has 1 fully saturated rings. The number of nitrogens with one attached hydrogen (secondary N) is 3. The number of nitrogens with zero attached hydrogens (tertiary/aromatic N) is 3. The topological polar surface area (TPSA) is 98.8 Å². The molecule has 1 aliphatic rings. The minimum absolute atomic E-state index is 0.224. The van der Waals surface area contributed by atoms with Crippen molar-refractivity contribution in [2.24, 2.45) is 5.92 Å².